The molecule has 1 rings (SSSR count). The Morgan fingerprint density at radius 1 is 1.44 bits per heavy atom. The predicted molar refractivity (Wildman–Crippen MR) is 66.7 cm³/mol. The number of hydrogen-bond donors (Lipinski definition) is 1. The van der Waals surface area contributed by atoms with E-state index >= 15 is 0 Å². The van der Waals surface area contributed by atoms with Crippen LogP contribution in [0, 0.1) is 11.3 Å². The van der Waals surface area contributed by atoms with Gasteiger partial charge in [-0.1, -0.05) is 12.1 Å². The van der Waals surface area contributed by atoms with Crippen molar-refractivity contribution in [2.24, 2.45) is 5.14 Å². The smallest absolute Gasteiger partial charge is 0.250 e. The van der Waals surface area contributed by atoms with Crippen molar-refractivity contribution >= 4 is 23.1 Å². The first kappa shape index (κ1) is 12.6. The lowest BCUT2D eigenvalue weighted by atomic mass is 10.2. The van der Waals surface area contributed by atoms with Gasteiger partial charge >= 0.3 is 0 Å². The molecule has 1 atom stereocenters. The number of rotatable bonds is 3. The SMILES string of the molecule is CN(C)c1ccc(/C=C(\C#N)[S+](N)[O-])cc1. The summed E-state index contributed by atoms with van der Waals surface area (Å²) in [6, 6.07) is 9.34. The molecule has 16 heavy (non-hydrogen) atoms. The number of hydrogen-bond acceptors (Lipinski definition) is 4. The highest BCUT2D eigenvalue weighted by molar-refractivity contribution is 7.93. The van der Waals surface area contributed by atoms with E-state index in [1.807, 2.05) is 49.3 Å². The minimum Gasteiger partial charge on any atom is -0.593 e. The number of nitriles is 1. The minimum atomic E-state index is -1.73. The second-order valence-corrected chi connectivity index (χ2v) is 4.44. The molecular weight excluding hydrogens is 222 g/mol. The molecule has 0 amide bonds. The van der Waals surface area contributed by atoms with Gasteiger partial charge in [0.15, 0.2) is 6.07 Å². The maximum Gasteiger partial charge on any atom is 0.250 e. The predicted octanol–water partition coefficient (Wildman–Crippen LogP) is 1.24. The van der Waals surface area contributed by atoms with Gasteiger partial charge in [0.1, 0.15) is 0 Å². The molecule has 0 aromatic heterocycles. The zero-order valence-electron chi connectivity index (χ0n) is 9.18. The molecule has 5 heteroatoms. The zero-order valence-corrected chi connectivity index (χ0v) is 9.99. The van der Waals surface area contributed by atoms with E-state index in [4.69, 9.17) is 10.4 Å². The Labute approximate surface area is 98.3 Å². The van der Waals surface area contributed by atoms with Crippen molar-refractivity contribution in [3.63, 3.8) is 0 Å². The summed E-state index contributed by atoms with van der Waals surface area (Å²) in [4.78, 5) is 2.04. The van der Waals surface area contributed by atoms with Crippen LogP contribution in [0.25, 0.3) is 6.08 Å². The van der Waals surface area contributed by atoms with E-state index in [1.54, 1.807) is 0 Å². The first-order chi connectivity index (χ1) is 7.54. The van der Waals surface area contributed by atoms with Gasteiger partial charge in [-0.15, -0.1) is 5.14 Å². The van der Waals surface area contributed by atoms with Crippen molar-refractivity contribution < 1.29 is 4.55 Å². The Kier molecular flexibility index (Phi) is 4.38. The van der Waals surface area contributed by atoms with E-state index in [0.29, 0.717) is 0 Å². The molecule has 0 saturated heterocycles. The van der Waals surface area contributed by atoms with Crippen molar-refractivity contribution in [1.82, 2.24) is 0 Å². The Balaban J connectivity index is 2.95. The van der Waals surface area contributed by atoms with E-state index < -0.39 is 11.4 Å². The number of nitrogens with zero attached hydrogens (tertiary/aromatic N) is 2. The van der Waals surface area contributed by atoms with Gasteiger partial charge in [-0.05, 0) is 17.7 Å². The molecular formula is C11H13N3OS. The van der Waals surface area contributed by atoms with Crippen LogP contribution in [0.2, 0.25) is 0 Å². The van der Waals surface area contributed by atoms with Gasteiger partial charge in [0, 0.05) is 25.9 Å². The summed E-state index contributed by atoms with van der Waals surface area (Å²) in [6.45, 7) is 0. The number of allylic oxidation sites excluding steroid dienone is 1. The third-order valence-corrected chi connectivity index (χ3v) is 2.68. The molecule has 4 nitrogen and oxygen atoms in total. The normalized spacial score (nSPS) is 13.1. The quantitative estimate of drug-likeness (QED) is 0.631. The van der Waals surface area contributed by atoms with Crippen LogP contribution in [0.4, 0.5) is 5.69 Å². The highest BCUT2D eigenvalue weighted by Crippen LogP contribution is 2.15. The molecule has 2 N–H and O–H groups in total. The third kappa shape index (κ3) is 3.28. The van der Waals surface area contributed by atoms with Crippen molar-refractivity contribution in [3.8, 4) is 6.07 Å². The number of anilines is 1. The molecule has 0 aliphatic rings. The van der Waals surface area contributed by atoms with Crippen LogP contribution in [0.1, 0.15) is 5.56 Å². The summed E-state index contributed by atoms with van der Waals surface area (Å²) in [7, 11) is 3.89. The molecule has 0 bridgehead atoms. The Morgan fingerprint density at radius 3 is 2.38 bits per heavy atom. The lowest BCUT2D eigenvalue weighted by molar-refractivity contribution is 0.604. The molecule has 1 aromatic carbocycles. The highest BCUT2D eigenvalue weighted by Gasteiger charge is 2.08. The van der Waals surface area contributed by atoms with Crippen molar-refractivity contribution in [2.75, 3.05) is 19.0 Å². The molecule has 84 valence electrons. The Bertz CT molecular complexity index is 418. The van der Waals surface area contributed by atoms with Gasteiger partial charge in [0.05, 0.1) is 11.4 Å². The molecule has 0 heterocycles. The van der Waals surface area contributed by atoms with Gasteiger partial charge in [-0.3, -0.25) is 0 Å². The molecule has 0 radical (unpaired) electrons. The van der Waals surface area contributed by atoms with E-state index in [1.165, 1.54) is 6.08 Å². The molecule has 1 unspecified atom stereocenters. The molecule has 0 aliphatic heterocycles. The molecule has 0 aliphatic carbocycles. The summed E-state index contributed by atoms with van der Waals surface area (Å²) in [5.74, 6) is 0. The fraction of sp³-hybridized carbons (Fsp3) is 0.182. The van der Waals surface area contributed by atoms with Crippen LogP contribution in [0.3, 0.4) is 0 Å². The van der Waals surface area contributed by atoms with Crippen LogP contribution in [0.15, 0.2) is 29.2 Å². The van der Waals surface area contributed by atoms with Crippen LogP contribution in [-0.4, -0.2) is 18.6 Å². The summed E-state index contributed by atoms with van der Waals surface area (Å²) in [5, 5.41) is 13.8. The standard InChI is InChI=1S/C11H13N3OS/c1-14(2)10-5-3-9(4-6-10)7-11(8-12)16(13)15/h3-7H,13H2,1-2H3/b11-7+. The second-order valence-electron chi connectivity index (χ2n) is 3.40. The largest absolute Gasteiger partial charge is 0.593 e. The van der Waals surface area contributed by atoms with Crippen molar-refractivity contribution in [2.45, 2.75) is 0 Å². The van der Waals surface area contributed by atoms with Gasteiger partial charge in [-0.25, -0.2) is 0 Å². The third-order valence-electron chi connectivity index (χ3n) is 2.03. The van der Waals surface area contributed by atoms with Crippen LogP contribution >= 0.6 is 0 Å². The fourth-order valence-electron chi connectivity index (χ4n) is 1.16. The molecule has 0 saturated carbocycles. The van der Waals surface area contributed by atoms with Crippen molar-refractivity contribution in [3.05, 3.63) is 34.7 Å². The fourth-order valence-corrected chi connectivity index (χ4v) is 1.50. The summed E-state index contributed by atoms with van der Waals surface area (Å²) in [5.41, 5.74) is 1.87. The van der Waals surface area contributed by atoms with Crippen LogP contribution in [-0.2, 0) is 11.4 Å². The maximum absolute atomic E-state index is 10.9. The summed E-state index contributed by atoms with van der Waals surface area (Å²) >= 11 is -1.73. The molecule has 0 fully saturated rings. The Morgan fingerprint density at radius 2 is 2.00 bits per heavy atom. The van der Waals surface area contributed by atoms with Crippen LogP contribution in [0.5, 0.6) is 0 Å². The van der Waals surface area contributed by atoms with E-state index in [2.05, 4.69) is 0 Å². The number of nitrogens with two attached hydrogens (primary N) is 1. The lowest BCUT2D eigenvalue weighted by Gasteiger charge is -2.11. The second kappa shape index (κ2) is 5.56. The molecule has 1 aromatic rings. The van der Waals surface area contributed by atoms with Gasteiger partial charge in [-0.2, -0.15) is 5.26 Å². The average molecular weight is 235 g/mol. The first-order valence-electron chi connectivity index (χ1n) is 4.60. The first-order valence-corrected chi connectivity index (χ1v) is 5.81. The van der Waals surface area contributed by atoms with E-state index in [9.17, 15) is 4.55 Å². The summed E-state index contributed by atoms with van der Waals surface area (Å²) < 4.78 is 10.9. The van der Waals surface area contributed by atoms with Crippen molar-refractivity contribution in [1.29, 1.82) is 5.26 Å². The highest BCUT2D eigenvalue weighted by atomic mass is 32.2. The minimum absolute atomic E-state index is 0.0672. The summed E-state index contributed by atoms with van der Waals surface area (Å²) in [6.07, 6.45) is 1.52. The van der Waals surface area contributed by atoms with Gasteiger partial charge in [0.25, 0.3) is 4.91 Å². The van der Waals surface area contributed by atoms with Crippen LogP contribution < -0.4 is 10.0 Å². The van der Waals surface area contributed by atoms with Gasteiger partial charge in [0.2, 0.25) is 0 Å². The Hall–Kier alpha value is -1.48. The molecule has 0 spiro atoms. The zero-order chi connectivity index (χ0) is 12.1. The number of benzene rings is 1. The van der Waals surface area contributed by atoms with Gasteiger partial charge < -0.3 is 9.45 Å². The van der Waals surface area contributed by atoms with E-state index in [0.717, 1.165) is 11.3 Å². The average Bonchev–Trinajstić information content (AvgIpc) is 2.26. The topological polar surface area (TPSA) is 76.1 Å². The maximum atomic E-state index is 10.9. The van der Waals surface area contributed by atoms with E-state index in [-0.39, 0.29) is 4.91 Å². The lowest BCUT2D eigenvalue weighted by Crippen LogP contribution is -2.13. The monoisotopic (exact) mass is 235 g/mol.